The summed E-state index contributed by atoms with van der Waals surface area (Å²) in [5.41, 5.74) is 0.530. The van der Waals surface area contributed by atoms with Crippen LogP contribution < -0.4 is 0 Å². The molecule has 0 aliphatic heterocycles. The molecule has 94 valence electrons. The van der Waals surface area contributed by atoms with Crippen LogP contribution in [0.25, 0.3) is 0 Å². The Kier molecular flexibility index (Phi) is 3.52. The maximum atomic E-state index is 11.5. The molecule has 1 saturated carbocycles. The Morgan fingerprint density at radius 3 is 2.94 bits per heavy atom. The maximum Gasteiger partial charge on any atom is 0.341 e. The molecular weight excluding hydrogens is 218 g/mol. The van der Waals surface area contributed by atoms with Crippen LogP contribution in [0.3, 0.4) is 0 Å². The van der Waals surface area contributed by atoms with Gasteiger partial charge in [0.15, 0.2) is 0 Å². The van der Waals surface area contributed by atoms with E-state index >= 15 is 0 Å². The van der Waals surface area contributed by atoms with Gasteiger partial charge in [0.05, 0.1) is 19.9 Å². The van der Waals surface area contributed by atoms with Crippen LogP contribution in [0, 0.1) is 5.92 Å². The number of ether oxygens (including phenoxy) is 1. The predicted octanol–water partition coefficient (Wildman–Crippen LogP) is 2.30. The van der Waals surface area contributed by atoms with Crippen molar-refractivity contribution in [3.63, 3.8) is 0 Å². The number of rotatable bonds is 5. The molecule has 4 nitrogen and oxygen atoms in total. The topological polar surface area (TPSA) is 42.7 Å². The van der Waals surface area contributed by atoms with E-state index in [4.69, 9.17) is 9.15 Å². The number of nitrogens with zero attached hydrogens (tertiary/aromatic N) is 1. The van der Waals surface area contributed by atoms with Crippen molar-refractivity contribution in [3.05, 3.63) is 23.7 Å². The van der Waals surface area contributed by atoms with Gasteiger partial charge in [-0.3, -0.25) is 4.90 Å². The van der Waals surface area contributed by atoms with Gasteiger partial charge in [-0.1, -0.05) is 0 Å². The second-order valence-corrected chi connectivity index (χ2v) is 4.74. The Morgan fingerprint density at radius 1 is 1.65 bits per heavy atom. The van der Waals surface area contributed by atoms with E-state index in [1.807, 2.05) is 0 Å². The zero-order valence-corrected chi connectivity index (χ0v) is 10.6. The second kappa shape index (κ2) is 4.92. The van der Waals surface area contributed by atoms with E-state index in [-0.39, 0.29) is 5.97 Å². The third-order valence-corrected chi connectivity index (χ3v) is 3.54. The molecule has 0 saturated heterocycles. The van der Waals surface area contributed by atoms with Crippen molar-refractivity contribution >= 4 is 5.97 Å². The number of esters is 1. The van der Waals surface area contributed by atoms with Gasteiger partial charge in [0.1, 0.15) is 11.3 Å². The van der Waals surface area contributed by atoms with E-state index in [0.717, 1.165) is 5.92 Å². The minimum atomic E-state index is -0.332. The smallest absolute Gasteiger partial charge is 0.341 e. The number of carbonyl (C=O) groups excluding carboxylic acids is 1. The van der Waals surface area contributed by atoms with Crippen LogP contribution >= 0.6 is 0 Å². The summed E-state index contributed by atoms with van der Waals surface area (Å²) in [6.45, 7) is 2.87. The summed E-state index contributed by atoms with van der Waals surface area (Å²) >= 11 is 0. The number of carbonyl (C=O) groups is 1. The Morgan fingerprint density at radius 2 is 2.35 bits per heavy atom. The lowest BCUT2D eigenvalue weighted by molar-refractivity contribution is 0.0596. The van der Waals surface area contributed by atoms with Crippen LogP contribution in [0.2, 0.25) is 0 Å². The first-order valence-corrected chi connectivity index (χ1v) is 5.98. The number of methoxy groups -OCH3 is 1. The van der Waals surface area contributed by atoms with Crippen molar-refractivity contribution in [3.8, 4) is 0 Å². The molecule has 0 radical (unpaired) electrons. The summed E-state index contributed by atoms with van der Waals surface area (Å²) in [7, 11) is 3.45. The zero-order chi connectivity index (χ0) is 12.4. The summed E-state index contributed by atoms with van der Waals surface area (Å²) in [5, 5.41) is 0. The van der Waals surface area contributed by atoms with Crippen molar-refractivity contribution in [2.75, 3.05) is 14.2 Å². The monoisotopic (exact) mass is 237 g/mol. The molecule has 1 fully saturated rings. The van der Waals surface area contributed by atoms with Crippen LogP contribution in [0.4, 0.5) is 0 Å². The molecule has 1 unspecified atom stereocenters. The lowest BCUT2D eigenvalue weighted by Gasteiger charge is -2.23. The molecule has 0 amide bonds. The summed E-state index contributed by atoms with van der Waals surface area (Å²) < 4.78 is 10.1. The summed E-state index contributed by atoms with van der Waals surface area (Å²) in [5.74, 6) is 1.16. The third-order valence-electron chi connectivity index (χ3n) is 3.54. The van der Waals surface area contributed by atoms with Crippen molar-refractivity contribution in [2.24, 2.45) is 5.92 Å². The van der Waals surface area contributed by atoms with E-state index in [0.29, 0.717) is 23.9 Å². The highest BCUT2D eigenvalue weighted by atomic mass is 16.5. The average molecular weight is 237 g/mol. The molecule has 1 heterocycles. The molecule has 1 atom stereocenters. The molecule has 0 N–H and O–H groups in total. The Bertz CT molecular complexity index is 395. The average Bonchev–Trinajstić information content (AvgIpc) is 3.08. The molecule has 0 spiro atoms. The minimum absolute atomic E-state index is 0.332. The van der Waals surface area contributed by atoms with Crippen LogP contribution in [-0.4, -0.2) is 31.1 Å². The largest absolute Gasteiger partial charge is 0.467 e. The molecule has 1 aliphatic carbocycles. The van der Waals surface area contributed by atoms with Crippen LogP contribution in [-0.2, 0) is 11.3 Å². The quantitative estimate of drug-likeness (QED) is 0.737. The van der Waals surface area contributed by atoms with Gasteiger partial charge >= 0.3 is 5.97 Å². The molecule has 0 aromatic carbocycles. The van der Waals surface area contributed by atoms with Gasteiger partial charge in [-0.15, -0.1) is 0 Å². The maximum absolute atomic E-state index is 11.5. The molecule has 2 rings (SSSR count). The molecule has 1 aliphatic rings. The Hall–Kier alpha value is -1.29. The number of furan rings is 1. The molecule has 1 aromatic heterocycles. The van der Waals surface area contributed by atoms with Gasteiger partial charge in [-0.2, -0.15) is 0 Å². The first-order chi connectivity index (χ1) is 8.13. The highest BCUT2D eigenvalue weighted by molar-refractivity contribution is 5.90. The fourth-order valence-electron chi connectivity index (χ4n) is 2.06. The van der Waals surface area contributed by atoms with Crippen molar-refractivity contribution < 1.29 is 13.9 Å². The van der Waals surface area contributed by atoms with E-state index in [2.05, 4.69) is 18.9 Å². The fourth-order valence-corrected chi connectivity index (χ4v) is 2.06. The third kappa shape index (κ3) is 2.69. The Balaban J connectivity index is 2.02. The lowest BCUT2D eigenvalue weighted by Crippen LogP contribution is -2.30. The first kappa shape index (κ1) is 12.2. The number of hydrogen-bond acceptors (Lipinski definition) is 4. The van der Waals surface area contributed by atoms with E-state index < -0.39 is 0 Å². The first-order valence-electron chi connectivity index (χ1n) is 5.98. The van der Waals surface area contributed by atoms with Crippen LogP contribution in [0.1, 0.15) is 35.9 Å². The van der Waals surface area contributed by atoms with Gasteiger partial charge < -0.3 is 9.15 Å². The molecule has 4 heteroatoms. The fraction of sp³-hybridized carbons (Fsp3) is 0.615. The van der Waals surface area contributed by atoms with E-state index in [1.54, 1.807) is 6.07 Å². The van der Waals surface area contributed by atoms with Crippen molar-refractivity contribution in [2.45, 2.75) is 32.4 Å². The van der Waals surface area contributed by atoms with Crippen molar-refractivity contribution in [1.82, 2.24) is 4.90 Å². The number of hydrogen-bond donors (Lipinski definition) is 0. The van der Waals surface area contributed by atoms with Gasteiger partial charge in [-0.05, 0) is 38.8 Å². The van der Waals surface area contributed by atoms with Crippen LogP contribution in [0.5, 0.6) is 0 Å². The zero-order valence-electron chi connectivity index (χ0n) is 10.6. The van der Waals surface area contributed by atoms with Crippen molar-refractivity contribution in [1.29, 1.82) is 0 Å². The standard InChI is InChI=1S/C13H19NO3/c1-9(10-4-5-10)14(2)8-12-11(6-7-17-12)13(15)16-3/h6-7,9-10H,4-5,8H2,1-3H3. The SMILES string of the molecule is COC(=O)c1ccoc1CN(C)C(C)C1CC1. The van der Waals surface area contributed by atoms with E-state index in [1.165, 1.54) is 26.2 Å². The normalized spacial score (nSPS) is 17.2. The van der Waals surface area contributed by atoms with Gasteiger partial charge in [-0.25, -0.2) is 4.79 Å². The van der Waals surface area contributed by atoms with Crippen LogP contribution in [0.15, 0.2) is 16.7 Å². The predicted molar refractivity (Wildman–Crippen MR) is 63.7 cm³/mol. The molecule has 1 aromatic rings. The summed E-state index contributed by atoms with van der Waals surface area (Å²) in [4.78, 5) is 13.7. The van der Waals surface area contributed by atoms with E-state index in [9.17, 15) is 4.79 Å². The highest BCUT2D eigenvalue weighted by Crippen LogP contribution is 2.35. The van der Waals surface area contributed by atoms with Gasteiger partial charge in [0.25, 0.3) is 0 Å². The highest BCUT2D eigenvalue weighted by Gasteiger charge is 2.31. The molecule has 0 bridgehead atoms. The molecular formula is C13H19NO3. The lowest BCUT2D eigenvalue weighted by atomic mass is 10.1. The summed E-state index contributed by atoms with van der Waals surface area (Å²) in [6, 6.07) is 2.20. The minimum Gasteiger partial charge on any atom is -0.467 e. The second-order valence-electron chi connectivity index (χ2n) is 4.74. The Labute approximate surface area is 102 Å². The molecule has 17 heavy (non-hydrogen) atoms. The van der Waals surface area contributed by atoms with Gasteiger partial charge in [0, 0.05) is 6.04 Å². The summed E-state index contributed by atoms with van der Waals surface area (Å²) in [6.07, 6.45) is 4.16. The van der Waals surface area contributed by atoms with Gasteiger partial charge in [0.2, 0.25) is 0 Å².